The second-order valence-corrected chi connectivity index (χ2v) is 4.99. The number of hydrogen-bond acceptors (Lipinski definition) is 5. The second kappa shape index (κ2) is 5.36. The summed E-state index contributed by atoms with van der Waals surface area (Å²) in [6.07, 6.45) is 0. The fourth-order valence-corrected chi connectivity index (χ4v) is 2.55. The number of aromatic carboxylic acids is 1. The molecule has 0 aliphatic carbocycles. The normalized spacial score (nSPS) is 10.1. The first-order chi connectivity index (χ1) is 8.60. The lowest BCUT2D eigenvalue weighted by Gasteiger charge is -2.08. The van der Waals surface area contributed by atoms with Gasteiger partial charge in [-0.05, 0) is 28.1 Å². The molecule has 0 aliphatic rings. The molecule has 0 amide bonds. The van der Waals surface area contributed by atoms with Crippen molar-refractivity contribution >= 4 is 44.1 Å². The Hall–Kier alpha value is -1.60. The van der Waals surface area contributed by atoms with Gasteiger partial charge < -0.3 is 15.2 Å². The molecule has 7 heteroatoms. The Labute approximate surface area is 116 Å². The predicted octanol–water partition coefficient (Wildman–Crippen LogP) is 3.36. The summed E-state index contributed by atoms with van der Waals surface area (Å²) >= 11 is 4.70. The third-order valence-electron chi connectivity index (χ3n) is 2.16. The highest BCUT2D eigenvalue weighted by Gasteiger charge is 2.11. The van der Waals surface area contributed by atoms with E-state index < -0.39 is 5.97 Å². The quantitative estimate of drug-likeness (QED) is 0.900. The molecule has 0 saturated heterocycles. The van der Waals surface area contributed by atoms with Crippen LogP contribution in [-0.4, -0.2) is 23.2 Å². The van der Waals surface area contributed by atoms with E-state index >= 15 is 0 Å². The molecule has 1 heterocycles. The van der Waals surface area contributed by atoms with Gasteiger partial charge in [0.05, 0.1) is 7.11 Å². The number of hydrogen-bond donors (Lipinski definition) is 2. The van der Waals surface area contributed by atoms with Crippen LogP contribution in [0.3, 0.4) is 0 Å². The van der Waals surface area contributed by atoms with Gasteiger partial charge in [-0.25, -0.2) is 9.78 Å². The van der Waals surface area contributed by atoms with Crippen molar-refractivity contribution in [1.82, 2.24) is 4.98 Å². The van der Waals surface area contributed by atoms with Crippen molar-refractivity contribution in [3.8, 4) is 5.75 Å². The van der Waals surface area contributed by atoms with Crippen LogP contribution in [0.15, 0.2) is 28.2 Å². The van der Waals surface area contributed by atoms with Crippen molar-refractivity contribution in [3.05, 3.63) is 33.7 Å². The van der Waals surface area contributed by atoms with Gasteiger partial charge in [0.15, 0.2) is 5.13 Å². The van der Waals surface area contributed by atoms with Crippen LogP contribution in [0.4, 0.5) is 10.8 Å². The summed E-state index contributed by atoms with van der Waals surface area (Å²) in [5.74, 6) is -0.710. The summed E-state index contributed by atoms with van der Waals surface area (Å²) in [5, 5.41) is 14.6. The molecule has 0 bridgehead atoms. The topological polar surface area (TPSA) is 71.5 Å². The zero-order chi connectivity index (χ0) is 13.1. The highest BCUT2D eigenvalue weighted by atomic mass is 79.9. The number of carboxylic acids is 1. The number of nitrogens with one attached hydrogen (secondary N) is 1. The van der Waals surface area contributed by atoms with Gasteiger partial charge >= 0.3 is 5.97 Å². The lowest BCUT2D eigenvalue weighted by atomic mass is 10.2. The number of methoxy groups -OCH3 is 1. The molecule has 2 N–H and O–H groups in total. The average molecular weight is 329 g/mol. The maximum Gasteiger partial charge on any atom is 0.339 e. The highest BCUT2D eigenvalue weighted by molar-refractivity contribution is 9.10. The number of nitrogens with zero attached hydrogens (tertiary/aromatic N) is 1. The Morgan fingerprint density at radius 3 is 2.89 bits per heavy atom. The first-order valence-corrected chi connectivity index (χ1v) is 6.57. The summed E-state index contributed by atoms with van der Waals surface area (Å²) in [4.78, 5) is 15.1. The summed E-state index contributed by atoms with van der Waals surface area (Å²) < 4.78 is 5.80. The number of carboxylic acid groups (broad SMARTS) is 1. The number of halogens is 1. The van der Waals surface area contributed by atoms with E-state index in [1.165, 1.54) is 24.5 Å². The van der Waals surface area contributed by atoms with Gasteiger partial charge in [0.1, 0.15) is 15.9 Å². The van der Waals surface area contributed by atoms with E-state index in [9.17, 15) is 4.79 Å². The SMILES string of the molecule is COc1cc(Nc2nc(Br)cs2)ccc1C(=O)O. The maximum absolute atomic E-state index is 10.9. The number of benzene rings is 1. The second-order valence-electron chi connectivity index (χ2n) is 3.32. The maximum atomic E-state index is 10.9. The standard InChI is InChI=1S/C11H9BrN2O3S/c1-17-8-4-6(2-3-7(8)10(15)16)13-11-14-9(12)5-18-11/h2-5H,1H3,(H,13,14)(H,15,16). The molecular weight excluding hydrogens is 320 g/mol. The van der Waals surface area contributed by atoms with Crippen LogP contribution in [0.25, 0.3) is 0 Å². The lowest BCUT2D eigenvalue weighted by Crippen LogP contribution is -2.01. The van der Waals surface area contributed by atoms with E-state index in [1.807, 2.05) is 5.38 Å². The van der Waals surface area contributed by atoms with Crippen LogP contribution in [0.1, 0.15) is 10.4 Å². The van der Waals surface area contributed by atoms with E-state index in [-0.39, 0.29) is 5.56 Å². The predicted molar refractivity (Wildman–Crippen MR) is 73.1 cm³/mol. The molecule has 0 aliphatic heterocycles. The van der Waals surface area contributed by atoms with Crippen LogP contribution in [0.5, 0.6) is 5.75 Å². The van der Waals surface area contributed by atoms with Gasteiger partial charge in [-0.3, -0.25) is 0 Å². The van der Waals surface area contributed by atoms with Crippen LogP contribution < -0.4 is 10.1 Å². The minimum absolute atomic E-state index is 0.128. The van der Waals surface area contributed by atoms with Crippen molar-refractivity contribution < 1.29 is 14.6 Å². The summed E-state index contributed by atoms with van der Waals surface area (Å²) in [6, 6.07) is 4.78. The Kier molecular flexibility index (Phi) is 3.83. The molecule has 0 fully saturated rings. The average Bonchev–Trinajstić information content (AvgIpc) is 2.74. The Morgan fingerprint density at radius 2 is 2.33 bits per heavy atom. The molecule has 18 heavy (non-hydrogen) atoms. The first-order valence-electron chi connectivity index (χ1n) is 4.89. The molecule has 1 aromatic carbocycles. The van der Waals surface area contributed by atoms with Gasteiger partial charge in [-0.2, -0.15) is 0 Å². The van der Waals surface area contributed by atoms with Crippen molar-refractivity contribution in [2.45, 2.75) is 0 Å². The van der Waals surface area contributed by atoms with E-state index in [4.69, 9.17) is 9.84 Å². The molecular formula is C11H9BrN2O3S. The molecule has 0 unspecified atom stereocenters. The third-order valence-corrected chi connectivity index (χ3v) is 3.63. The van der Waals surface area contributed by atoms with Crippen LogP contribution in [0, 0.1) is 0 Å². The smallest absolute Gasteiger partial charge is 0.339 e. The van der Waals surface area contributed by atoms with Crippen LogP contribution in [-0.2, 0) is 0 Å². The fraction of sp³-hybridized carbons (Fsp3) is 0.0909. The number of carbonyl (C=O) groups is 1. The number of thiazole rings is 1. The first kappa shape index (κ1) is 12.8. The summed E-state index contributed by atoms with van der Waals surface area (Å²) in [6.45, 7) is 0. The zero-order valence-electron chi connectivity index (χ0n) is 9.31. The third kappa shape index (κ3) is 2.80. The number of ether oxygens (including phenoxy) is 1. The van der Waals surface area contributed by atoms with Crippen LogP contribution in [0.2, 0.25) is 0 Å². The molecule has 2 aromatic rings. The Balaban J connectivity index is 2.27. The van der Waals surface area contributed by atoms with Gasteiger partial charge in [0.25, 0.3) is 0 Å². The van der Waals surface area contributed by atoms with Gasteiger partial charge in [-0.15, -0.1) is 11.3 Å². The molecule has 0 spiro atoms. The monoisotopic (exact) mass is 328 g/mol. The van der Waals surface area contributed by atoms with Crippen molar-refractivity contribution in [1.29, 1.82) is 0 Å². The Bertz CT molecular complexity index is 585. The fourth-order valence-electron chi connectivity index (χ4n) is 1.38. The molecule has 0 atom stereocenters. The minimum Gasteiger partial charge on any atom is -0.496 e. The van der Waals surface area contributed by atoms with E-state index in [0.717, 1.165) is 10.3 Å². The van der Waals surface area contributed by atoms with Gasteiger partial charge in [0, 0.05) is 17.1 Å². The molecule has 94 valence electrons. The van der Waals surface area contributed by atoms with E-state index in [1.54, 1.807) is 12.1 Å². The molecule has 0 radical (unpaired) electrons. The van der Waals surface area contributed by atoms with Crippen molar-refractivity contribution in [2.75, 3.05) is 12.4 Å². The largest absolute Gasteiger partial charge is 0.496 e. The number of anilines is 2. The molecule has 5 nitrogen and oxygen atoms in total. The molecule has 1 aromatic heterocycles. The summed E-state index contributed by atoms with van der Waals surface area (Å²) in [5.41, 5.74) is 0.849. The zero-order valence-corrected chi connectivity index (χ0v) is 11.7. The van der Waals surface area contributed by atoms with Crippen molar-refractivity contribution in [2.24, 2.45) is 0 Å². The molecule has 2 rings (SSSR count). The highest BCUT2D eigenvalue weighted by Crippen LogP contribution is 2.27. The van der Waals surface area contributed by atoms with E-state index in [2.05, 4.69) is 26.2 Å². The number of aromatic nitrogens is 1. The molecule has 0 saturated carbocycles. The summed E-state index contributed by atoms with van der Waals surface area (Å²) in [7, 11) is 1.44. The van der Waals surface area contributed by atoms with Crippen molar-refractivity contribution in [3.63, 3.8) is 0 Å². The minimum atomic E-state index is -1.02. The van der Waals surface area contributed by atoms with Gasteiger partial charge in [0.2, 0.25) is 0 Å². The Morgan fingerprint density at radius 1 is 1.56 bits per heavy atom. The van der Waals surface area contributed by atoms with Gasteiger partial charge in [-0.1, -0.05) is 0 Å². The lowest BCUT2D eigenvalue weighted by molar-refractivity contribution is 0.0693. The number of rotatable bonds is 4. The van der Waals surface area contributed by atoms with E-state index in [0.29, 0.717) is 10.9 Å². The van der Waals surface area contributed by atoms with Crippen LogP contribution >= 0.6 is 27.3 Å².